The number of hydrogen-bond acceptors (Lipinski definition) is 7. The number of amides is 2. The molecule has 0 N–H and O–H groups in total. The van der Waals surface area contributed by atoms with Gasteiger partial charge in [0.15, 0.2) is 0 Å². The molecular weight excluding hydrogens is 729 g/mol. The Morgan fingerprint density at radius 2 is 0.754 bits per heavy atom. The van der Waals surface area contributed by atoms with Gasteiger partial charge in [0, 0.05) is 5.75 Å². The van der Waals surface area contributed by atoms with Gasteiger partial charge in [-0.15, -0.1) is 0 Å². The number of thioether (sulfide) groups is 1. The van der Waals surface area contributed by atoms with Gasteiger partial charge < -0.3 is 14.4 Å². The van der Waals surface area contributed by atoms with Crippen LogP contribution in [0.5, 0.6) is 0 Å². The second kappa shape index (κ2) is 42.8. The molecule has 0 aromatic heterocycles. The number of esters is 1. The van der Waals surface area contributed by atoms with Crippen LogP contribution in [0.15, 0.2) is 0 Å². The monoisotopic (exact) mass is 825 g/mol. The van der Waals surface area contributed by atoms with Crippen molar-refractivity contribution in [1.82, 2.24) is 9.80 Å². The number of carbonyl (C=O) groups is 3. The number of unbranched alkanes of at least 4 members (excludes halogenated alkanes) is 26. The Hall–Kier alpha value is -1.28. The average molecular weight is 825 g/mol. The molecular formula is C49H96N2O5S. The highest BCUT2D eigenvalue weighted by molar-refractivity contribution is 8.13. The molecule has 8 heteroatoms. The summed E-state index contributed by atoms with van der Waals surface area (Å²) in [5, 5.41) is -0.413. The lowest BCUT2D eigenvalue weighted by molar-refractivity contribution is -0.150. The second-order valence-electron chi connectivity index (χ2n) is 17.3. The molecule has 2 amide bonds. The van der Waals surface area contributed by atoms with Gasteiger partial charge in [-0.05, 0) is 78.4 Å². The van der Waals surface area contributed by atoms with E-state index >= 15 is 0 Å². The van der Waals surface area contributed by atoms with E-state index in [4.69, 9.17) is 9.47 Å². The molecule has 0 aromatic carbocycles. The van der Waals surface area contributed by atoms with Crippen molar-refractivity contribution in [3.05, 3.63) is 0 Å². The van der Waals surface area contributed by atoms with Crippen molar-refractivity contribution in [2.24, 2.45) is 0 Å². The van der Waals surface area contributed by atoms with Crippen LogP contribution in [-0.2, 0) is 14.3 Å². The van der Waals surface area contributed by atoms with Crippen LogP contribution in [0.1, 0.15) is 252 Å². The molecule has 0 bridgehead atoms. The maximum absolute atomic E-state index is 13.9. The van der Waals surface area contributed by atoms with E-state index in [2.05, 4.69) is 32.6 Å². The van der Waals surface area contributed by atoms with Crippen molar-refractivity contribution >= 4 is 29.1 Å². The Labute approximate surface area is 359 Å². The molecule has 0 saturated heterocycles. The minimum Gasteiger partial charge on any atom is -0.461 e. The van der Waals surface area contributed by atoms with Gasteiger partial charge in [-0.3, -0.25) is 9.59 Å². The molecule has 7 nitrogen and oxygen atoms in total. The minimum atomic E-state index is -0.684. The molecule has 0 aliphatic rings. The van der Waals surface area contributed by atoms with Crippen molar-refractivity contribution in [3.63, 3.8) is 0 Å². The normalized spacial score (nSPS) is 12.5. The summed E-state index contributed by atoms with van der Waals surface area (Å²) in [5.74, 6) is 0.0860. The van der Waals surface area contributed by atoms with Crippen molar-refractivity contribution in [2.75, 3.05) is 32.9 Å². The predicted octanol–water partition coefficient (Wildman–Crippen LogP) is 15.9. The zero-order chi connectivity index (χ0) is 42.0. The highest BCUT2D eigenvalue weighted by atomic mass is 32.2. The number of rotatable bonds is 42. The maximum atomic E-state index is 13.9. The summed E-state index contributed by atoms with van der Waals surface area (Å²) in [4.78, 5) is 44.3. The molecule has 0 heterocycles. The van der Waals surface area contributed by atoms with E-state index < -0.39 is 17.3 Å². The topological polar surface area (TPSA) is 76.1 Å². The Bertz CT molecular complexity index is 903. The molecule has 2 atom stereocenters. The summed E-state index contributed by atoms with van der Waals surface area (Å²) in [6, 6.07) is 0. The molecule has 0 rings (SSSR count). The van der Waals surface area contributed by atoms with Crippen molar-refractivity contribution in [1.29, 1.82) is 0 Å². The molecule has 0 fully saturated rings. The van der Waals surface area contributed by atoms with Crippen LogP contribution in [0.3, 0.4) is 0 Å². The average Bonchev–Trinajstić information content (AvgIpc) is 3.19. The standard InChI is InChI=1S/C49H96N2O5S/c1-7-11-15-19-23-27-31-34-39-45(38-33-29-25-21-17-13-9-3)55-47(52)44-51(49(54)57-43-37-42-50(5)6)48(53)56-46(40-35-30-26-22-18-14-10-4)41-36-32-28-24-20-16-12-8-2/h45-46H,7-44H2,1-6H3. The molecule has 0 aliphatic carbocycles. The highest BCUT2D eigenvalue weighted by Crippen LogP contribution is 2.22. The molecule has 0 aliphatic heterocycles. The quantitative estimate of drug-likeness (QED) is 0.0448. The lowest BCUT2D eigenvalue weighted by atomic mass is 10.0. The minimum absolute atomic E-state index is 0.180. The van der Waals surface area contributed by atoms with E-state index in [0.717, 1.165) is 107 Å². The van der Waals surface area contributed by atoms with Gasteiger partial charge in [0.2, 0.25) is 0 Å². The first-order valence-corrected chi connectivity index (χ1v) is 25.8. The fourth-order valence-electron chi connectivity index (χ4n) is 7.57. The van der Waals surface area contributed by atoms with Crippen LogP contribution < -0.4 is 0 Å². The fourth-order valence-corrected chi connectivity index (χ4v) is 8.32. The summed E-state index contributed by atoms with van der Waals surface area (Å²) in [6.45, 7) is 9.46. The third kappa shape index (κ3) is 37.5. The van der Waals surface area contributed by atoms with Crippen LogP contribution >= 0.6 is 11.8 Å². The van der Waals surface area contributed by atoms with E-state index in [1.54, 1.807) is 0 Å². The first-order chi connectivity index (χ1) is 27.8. The Balaban J connectivity index is 5.62. The van der Waals surface area contributed by atoms with Gasteiger partial charge in [-0.2, -0.15) is 0 Å². The Kier molecular flexibility index (Phi) is 41.9. The molecule has 57 heavy (non-hydrogen) atoms. The van der Waals surface area contributed by atoms with Gasteiger partial charge in [0.1, 0.15) is 18.8 Å². The van der Waals surface area contributed by atoms with Crippen molar-refractivity contribution in [3.8, 4) is 0 Å². The van der Waals surface area contributed by atoms with Crippen molar-refractivity contribution < 1.29 is 23.9 Å². The number of ether oxygens (including phenoxy) is 2. The van der Waals surface area contributed by atoms with Crippen LogP contribution in [0.4, 0.5) is 9.59 Å². The predicted molar refractivity (Wildman–Crippen MR) is 248 cm³/mol. The number of nitrogens with zero attached hydrogens (tertiary/aromatic N) is 2. The number of carbonyl (C=O) groups excluding carboxylic acids is 3. The summed E-state index contributed by atoms with van der Waals surface area (Å²) in [5.41, 5.74) is 0. The first-order valence-electron chi connectivity index (χ1n) is 24.8. The third-order valence-electron chi connectivity index (χ3n) is 11.3. The molecule has 0 saturated carbocycles. The largest absolute Gasteiger partial charge is 0.461 e. The number of imide groups is 1. The maximum Gasteiger partial charge on any atom is 0.418 e. The molecule has 0 spiro atoms. The van der Waals surface area contributed by atoms with Crippen LogP contribution in [-0.4, -0.2) is 72.2 Å². The van der Waals surface area contributed by atoms with E-state index in [-0.39, 0.29) is 18.8 Å². The van der Waals surface area contributed by atoms with Crippen molar-refractivity contribution in [2.45, 2.75) is 265 Å². The lowest BCUT2D eigenvalue weighted by Crippen LogP contribution is -2.42. The summed E-state index contributed by atoms with van der Waals surface area (Å²) in [6.07, 6.45) is 39.6. The number of hydrogen-bond donors (Lipinski definition) is 0. The van der Waals surface area contributed by atoms with E-state index in [1.165, 1.54) is 141 Å². The molecule has 0 radical (unpaired) electrons. The fraction of sp³-hybridized carbons (Fsp3) is 0.939. The van der Waals surface area contributed by atoms with Crippen LogP contribution in [0, 0.1) is 0 Å². The Morgan fingerprint density at radius 3 is 1.09 bits per heavy atom. The van der Waals surface area contributed by atoms with Crippen LogP contribution in [0.25, 0.3) is 0 Å². The van der Waals surface area contributed by atoms with E-state index in [9.17, 15) is 14.4 Å². The Morgan fingerprint density at radius 1 is 0.439 bits per heavy atom. The van der Waals surface area contributed by atoms with Gasteiger partial charge >= 0.3 is 12.1 Å². The third-order valence-corrected chi connectivity index (χ3v) is 12.2. The summed E-state index contributed by atoms with van der Waals surface area (Å²) >= 11 is 1.11. The SMILES string of the molecule is CCCCCCCCCCC(CCCCCCCCC)OC(=O)CN(C(=O)OC(CCCCCCCCC)CCCCCCCCCC)C(=O)SCCCN(C)C. The van der Waals surface area contributed by atoms with Crippen LogP contribution in [0.2, 0.25) is 0 Å². The van der Waals surface area contributed by atoms with Gasteiger partial charge in [0.05, 0.1) is 0 Å². The molecule has 2 unspecified atom stereocenters. The summed E-state index contributed by atoms with van der Waals surface area (Å²) < 4.78 is 12.3. The van der Waals surface area contributed by atoms with E-state index in [0.29, 0.717) is 5.75 Å². The van der Waals surface area contributed by atoms with Gasteiger partial charge in [0.25, 0.3) is 5.24 Å². The second-order valence-corrected chi connectivity index (χ2v) is 18.4. The van der Waals surface area contributed by atoms with Gasteiger partial charge in [-0.1, -0.05) is 206 Å². The van der Waals surface area contributed by atoms with Gasteiger partial charge in [-0.25, -0.2) is 9.69 Å². The highest BCUT2D eigenvalue weighted by Gasteiger charge is 2.30. The zero-order valence-electron chi connectivity index (χ0n) is 38.9. The van der Waals surface area contributed by atoms with E-state index in [1.807, 2.05) is 14.1 Å². The lowest BCUT2D eigenvalue weighted by Gasteiger charge is -2.25. The first kappa shape index (κ1) is 55.7. The smallest absolute Gasteiger partial charge is 0.418 e. The zero-order valence-corrected chi connectivity index (χ0v) is 39.7. The molecule has 0 aromatic rings. The summed E-state index contributed by atoms with van der Waals surface area (Å²) in [7, 11) is 4.03. The molecule has 338 valence electrons.